The van der Waals surface area contributed by atoms with Crippen LogP contribution in [0.25, 0.3) is 0 Å². The molecule has 1 aliphatic rings. The third kappa shape index (κ3) is 3.84. The third-order valence-corrected chi connectivity index (χ3v) is 3.85. The van der Waals surface area contributed by atoms with E-state index >= 15 is 0 Å². The van der Waals surface area contributed by atoms with Crippen LogP contribution in [-0.2, 0) is 0 Å². The Morgan fingerprint density at radius 2 is 2.17 bits per heavy atom. The highest BCUT2D eigenvalue weighted by molar-refractivity contribution is 5.99. The van der Waals surface area contributed by atoms with Gasteiger partial charge in [0.2, 0.25) is 0 Å². The first-order valence-corrected chi connectivity index (χ1v) is 7.72. The highest BCUT2D eigenvalue weighted by atomic mass is 19.1. The molecule has 1 aromatic heterocycles. The van der Waals surface area contributed by atoms with Crippen LogP contribution >= 0.6 is 0 Å². The molecule has 3 N–H and O–H groups in total. The standard InChI is InChI=1S/C17H19FN4O/c18-14-7-1-2-8-15(14)22-16-13(6-4-10-20-16)17(23)21-11-12-5-3-9-19-12/h1-2,4,6-8,10,12,19H,3,5,9,11H2,(H,20,22)(H,21,23). The van der Waals surface area contributed by atoms with E-state index in [2.05, 4.69) is 20.9 Å². The zero-order valence-corrected chi connectivity index (χ0v) is 12.7. The highest BCUT2D eigenvalue weighted by Crippen LogP contribution is 2.20. The molecule has 3 rings (SSSR count). The van der Waals surface area contributed by atoms with Gasteiger partial charge >= 0.3 is 0 Å². The quantitative estimate of drug-likeness (QED) is 0.793. The monoisotopic (exact) mass is 314 g/mol. The van der Waals surface area contributed by atoms with Gasteiger partial charge in [-0.3, -0.25) is 4.79 Å². The number of nitrogens with one attached hydrogen (secondary N) is 3. The van der Waals surface area contributed by atoms with Gasteiger partial charge in [-0.25, -0.2) is 9.37 Å². The van der Waals surface area contributed by atoms with Gasteiger partial charge in [0.05, 0.1) is 11.3 Å². The Morgan fingerprint density at radius 1 is 1.30 bits per heavy atom. The molecule has 6 heteroatoms. The Bertz CT molecular complexity index is 686. The van der Waals surface area contributed by atoms with Crippen molar-refractivity contribution in [1.29, 1.82) is 0 Å². The lowest BCUT2D eigenvalue weighted by atomic mass is 10.2. The third-order valence-electron chi connectivity index (χ3n) is 3.85. The van der Waals surface area contributed by atoms with Crippen molar-refractivity contribution in [2.24, 2.45) is 0 Å². The molecule has 1 saturated heterocycles. The summed E-state index contributed by atoms with van der Waals surface area (Å²) < 4.78 is 13.8. The molecule has 23 heavy (non-hydrogen) atoms. The van der Waals surface area contributed by atoms with E-state index in [0.29, 0.717) is 24.0 Å². The number of benzene rings is 1. The maximum absolute atomic E-state index is 13.8. The van der Waals surface area contributed by atoms with Gasteiger partial charge in [0.1, 0.15) is 11.6 Å². The van der Waals surface area contributed by atoms with E-state index in [-0.39, 0.29) is 17.4 Å². The summed E-state index contributed by atoms with van der Waals surface area (Å²) in [5.41, 5.74) is 0.687. The van der Waals surface area contributed by atoms with Gasteiger partial charge in [-0.15, -0.1) is 0 Å². The van der Waals surface area contributed by atoms with E-state index in [4.69, 9.17) is 0 Å². The molecule has 1 fully saturated rings. The first-order chi connectivity index (χ1) is 11.2. The zero-order chi connectivity index (χ0) is 16.1. The van der Waals surface area contributed by atoms with Crippen molar-refractivity contribution in [2.75, 3.05) is 18.4 Å². The summed E-state index contributed by atoms with van der Waals surface area (Å²) in [7, 11) is 0. The highest BCUT2D eigenvalue weighted by Gasteiger charge is 2.17. The normalized spacial score (nSPS) is 17.0. The van der Waals surface area contributed by atoms with Crippen LogP contribution in [0.15, 0.2) is 42.6 Å². The van der Waals surface area contributed by atoms with Crippen molar-refractivity contribution in [3.05, 3.63) is 54.0 Å². The maximum atomic E-state index is 13.8. The minimum Gasteiger partial charge on any atom is -0.350 e. The Labute approximate surface area is 134 Å². The van der Waals surface area contributed by atoms with E-state index in [9.17, 15) is 9.18 Å². The molecule has 2 aromatic rings. The van der Waals surface area contributed by atoms with Crippen LogP contribution in [0.2, 0.25) is 0 Å². The fourth-order valence-electron chi connectivity index (χ4n) is 2.62. The Kier molecular flexibility index (Phi) is 4.83. The number of amides is 1. The zero-order valence-electron chi connectivity index (χ0n) is 12.7. The maximum Gasteiger partial charge on any atom is 0.255 e. The molecule has 0 spiro atoms. The second kappa shape index (κ2) is 7.19. The number of para-hydroxylation sites is 1. The number of anilines is 2. The number of carbonyl (C=O) groups excluding carboxylic acids is 1. The lowest BCUT2D eigenvalue weighted by Crippen LogP contribution is -2.37. The summed E-state index contributed by atoms with van der Waals surface area (Å²) in [6.07, 6.45) is 3.76. The Balaban J connectivity index is 1.72. The average Bonchev–Trinajstić information content (AvgIpc) is 3.09. The lowest BCUT2D eigenvalue weighted by Gasteiger charge is -2.14. The van der Waals surface area contributed by atoms with Crippen LogP contribution in [-0.4, -0.2) is 30.0 Å². The van der Waals surface area contributed by atoms with Crippen LogP contribution in [0.4, 0.5) is 15.9 Å². The molecular weight excluding hydrogens is 295 g/mol. The molecule has 0 bridgehead atoms. The van der Waals surface area contributed by atoms with Crippen molar-refractivity contribution >= 4 is 17.4 Å². The second-order valence-corrected chi connectivity index (χ2v) is 5.51. The number of hydrogen-bond donors (Lipinski definition) is 3. The predicted octanol–water partition coefficient (Wildman–Crippen LogP) is 2.45. The van der Waals surface area contributed by atoms with Gasteiger partial charge in [-0.05, 0) is 43.7 Å². The molecule has 0 radical (unpaired) electrons. The first-order valence-electron chi connectivity index (χ1n) is 7.72. The van der Waals surface area contributed by atoms with Crippen LogP contribution in [0.5, 0.6) is 0 Å². The van der Waals surface area contributed by atoms with E-state index < -0.39 is 0 Å². The number of carbonyl (C=O) groups is 1. The van der Waals surface area contributed by atoms with Crippen LogP contribution in [0, 0.1) is 5.82 Å². The SMILES string of the molecule is O=C(NCC1CCCN1)c1cccnc1Nc1ccccc1F. The van der Waals surface area contributed by atoms with Gasteiger partial charge in [0.15, 0.2) is 0 Å². The molecule has 1 aromatic carbocycles. The fraction of sp³-hybridized carbons (Fsp3) is 0.294. The van der Waals surface area contributed by atoms with Crippen molar-refractivity contribution in [3.8, 4) is 0 Å². The number of aromatic nitrogens is 1. The fourth-order valence-corrected chi connectivity index (χ4v) is 2.62. The first kappa shape index (κ1) is 15.4. The molecule has 1 aliphatic heterocycles. The van der Waals surface area contributed by atoms with E-state index in [1.807, 2.05) is 0 Å². The predicted molar refractivity (Wildman–Crippen MR) is 87.3 cm³/mol. The molecule has 5 nitrogen and oxygen atoms in total. The molecule has 1 amide bonds. The number of halogens is 1. The summed E-state index contributed by atoms with van der Waals surface area (Å²) in [4.78, 5) is 16.5. The van der Waals surface area contributed by atoms with Gasteiger partial charge < -0.3 is 16.0 Å². The number of hydrogen-bond acceptors (Lipinski definition) is 4. The Morgan fingerprint density at radius 3 is 2.96 bits per heavy atom. The minimum atomic E-state index is -0.389. The molecule has 120 valence electrons. The second-order valence-electron chi connectivity index (χ2n) is 5.51. The van der Waals surface area contributed by atoms with Gasteiger partial charge in [-0.2, -0.15) is 0 Å². The van der Waals surface area contributed by atoms with E-state index in [1.165, 1.54) is 6.07 Å². The topological polar surface area (TPSA) is 66.0 Å². The smallest absolute Gasteiger partial charge is 0.255 e. The molecular formula is C17H19FN4O. The van der Waals surface area contributed by atoms with Gasteiger partial charge in [-0.1, -0.05) is 12.1 Å². The van der Waals surface area contributed by atoms with Gasteiger partial charge in [0, 0.05) is 18.8 Å². The molecule has 1 atom stereocenters. The van der Waals surface area contributed by atoms with Crippen LogP contribution in [0.3, 0.4) is 0 Å². The minimum absolute atomic E-state index is 0.217. The van der Waals surface area contributed by atoms with Crippen molar-refractivity contribution in [3.63, 3.8) is 0 Å². The average molecular weight is 314 g/mol. The van der Waals surface area contributed by atoms with E-state index in [1.54, 1.807) is 36.5 Å². The Hall–Kier alpha value is -2.47. The summed E-state index contributed by atoms with van der Waals surface area (Å²) in [5.74, 6) is -0.264. The van der Waals surface area contributed by atoms with Gasteiger partial charge in [0.25, 0.3) is 5.91 Å². The molecule has 1 unspecified atom stereocenters. The lowest BCUT2D eigenvalue weighted by molar-refractivity contribution is 0.0951. The molecule has 0 saturated carbocycles. The summed E-state index contributed by atoms with van der Waals surface area (Å²) in [6.45, 7) is 1.57. The molecule has 0 aliphatic carbocycles. The van der Waals surface area contributed by atoms with Crippen LogP contribution < -0.4 is 16.0 Å². The van der Waals surface area contributed by atoms with Crippen molar-refractivity contribution < 1.29 is 9.18 Å². The van der Waals surface area contributed by atoms with Crippen molar-refractivity contribution in [1.82, 2.24) is 15.6 Å². The van der Waals surface area contributed by atoms with Crippen LogP contribution in [0.1, 0.15) is 23.2 Å². The summed E-state index contributed by atoms with van der Waals surface area (Å²) in [5, 5.41) is 9.12. The number of nitrogens with zero attached hydrogens (tertiary/aromatic N) is 1. The largest absolute Gasteiger partial charge is 0.350 e. The number of rotatable bonds is 5. The molecule has 2 heterocycles. The summed E-state index contributed by atoms with van der Waals surface area (Å²) in [6, 6.07) is 9.98. The summed E-state index contributed by atoms with van der Waals surface area (Å²) >= 11 is 0. The van der Waals surface area contributed by atoms with Crippen molar-refractivity contribution in [2.45, 2.75) is 18.9 Å². The number of pyridine rings is 1. The van der Waals surface area contributed by atoms with E-state index in [0.717, 1.165) is 19.4 Å².